The Morgan fingerprint density at radius 2 is 2.10 bits per heavy atom. The van der Waals surface area contributed by atoms with E-state index in [9.17, 15) is 4.79 Å². The minimum absolute atomic E-state index is 0. The summed E-state index contributed by atoms with van der Waals surface area (Å²) in [4.78, 5) is 9.76. The van der Waals surface area contributed by atoms with E-state index in [1.807, 2.05) is 0 Å². The first kappa shape index (κ1) is 13.0. The molecule has 0 bridgehead atoms. The van der Waals surface area contributed by atoms with Crippen molar-refractivity contribution in [2.75, 3.05) is 13.1 Å². The van der Waals surface area contributed by atoms with E-state index in [1.54, 1.807) is 0 Å². The number of carbonyl (C=O) groups is 1. The molecule has 0 aliphatic heterocycles. The Kier molecular flexibility index (Phi) is 9.68. The molecule has 6 heteroatoms. The van der Waals surface area contributed by atoms with E-state index >= 15 is 0 Å². The summed E-state index contributed by atoms with van der Waals surface area (Å²) in [6.45, 7) is -0.371. The molecule has 0 aliphatic rings. The van der Waals surface area contributed by atoms with Gasteiger partial charge >= 0.3 is 35.5 Å². The fourth-order valence-corrected chi connectivity index (χ4v) is 0.308. The first-order chi connectivity index (χ1) is 4.13. The summed E-state index contributed by atoms with van der Waals surface area (Å²) in [5.74, 6) is -1.02. The zero-order chi connectivity index (χ0) is 7.28. The molecule has 0 aromatic heterocycles. The molecule has 0 aliphatic carbocycles. The molecule has 0 fully saturated rings. The van der Waals surface area contributed by atoms with Crippen molar-refractivity contribution >= 4 is 5.97 Å². The molecule has 0 amide bonds. The van der Waals surface area contributed by atoms with Crippen molar-refractivity contribution in [1.82, 2.24) is 5.32 Å². The van der Waals surface area contributed by atoms with Gasteiger partial charge in [-0.3, -0.25) is 4.79 Å². The molecule has 0 spiro atoms. The van der Waals surface area contributed by atoms with Crippen LogP contribution < -0.4 is 34.9 Å². The van der Waals surface area contributed by atoms with E-state index in [2.05, 4.69) is 5.32 Å². The van der Waals surface area contributed by atoms with Crippen molar-refractivity contribution in [2.45, 2.75) is 6.29 Å². The van der Waals surface area contributed by atoms with Crippen LogP contribution in [0.25, 0.3) is 0 Å². The zero-order valence-electron chi connectivity index (χ0n) is 6.74. The van der Waals surface area contributed by atoms with Gasteiger partial charge in [-0.15, -0.1) is 0 Å². The Balaban J connectivity index is -0.000000320. The van der Waals surface area contributed by atoms with Gasteiger partial charge in [0, 0.05) is 6.54 Å². The van der Waals surface area contributed by atoms with Crippen LogP contribution in [0.15, 0.2) is 0 Å². The summed E-state index contributed by atoms with van der Waals surface area (Å²) in [5.41, 5.74) is 0. The Hall–Kier alpha value is 0.350. The average Bonchev–Trinajstić information content (AvgIpc) is 1.63. The number of aliphatic carboxylic acids is 1. The molecule has 0 heterocycles. The largest absolute Gasteiger partial charge is 1.00 e. The molecule has 4 N–H and O–H groups in total. The standard InChI is InChI=1S/C4H9NO4.Na.H/c6-3(7)1-5-2-4(8)9;;/h3,5-7H,1-2H2,(H,8,9);;/q;+1;-1. The topological polar surface area (TPSA) is 89.8 Å². The van der Waals surface area contributed by atoms with Crippen molar-refractivity contribution in [3.05, 3.63) is 0 Å². The summed E-state index contributed by atoms with van der Waals surface area (Å²) in [6, 6.07) is 0. The predicted molar refractivity (Wildman–Crippen MR) is 29.8 cm³/mol. The molecular formula is C4H10NNaO4. The predicted octanol–water partition coefficient (Wildman–Crippen LogP) is -4.91. The first-order valence-electron chi connectivity index (χ1n) is 2.41. The van der Waals surface area contributed by atoms with Gasteiger partial charge in [0.05, 0.1) is 6.54 Å². The van der Waals surface area contributed by atoms with Crippen LogP contribution in [-0.2, 0) is 4.79 Å². The molecule has 0 saturated carbocycles. The van der Waals surface area contributed by atoms with Crippen molar-refractivity contribution < 1.29 is 51.1 Å². The minimum atomic E-state index is -1.48. The van der Waals surface area contributed by atoms with Gasteiger partial charge in [0.2, 0.25) is 0 Å². The van der Waals surface area contributed by atoms with Gasteiger partial charge in [-0.2, -0.15) is 0 Å². The molecule has 0 rings (SSSR count). The Morgan fingerprint density at radius 3 is 2.40 bits per heavy atom. The quantitative estimate of drug-likeness (QED) is 0.244. The molecule has 0 atom stereocenters. The molecule has 0 aromatic rings. The second kappa shape index (κ2) is 7.46. The summed E-state index contributed by atoms with van der Waals surface area (Å²) in [7, 11) is 0. The maximum absolute atomic E-state index is 9.76. The van der Waals surface area contributed by atoms with Crippen molar-refractivity contribution in [3.63, 3.8) is 0 Å². The van der Waals surface area contributed by atoms with Crippen LogP contribution in [0.2, 0.25) is 0 Å². The van der Waals surface area contributed by atoms with Gasteiger partial charge in [0.1, 0.15) is 0 Å². The zero-order valence-corrected chi connectivity index (χ0v) is 7.74. The fourth-order valence-electron chi connectivity index (χ4n) is 0.308. The molecule has 5 nitrogen and oxygen atoms in total. The van der Waals surface area contributed by atoms with Gasteiger partial charge in [-0.1, -0.05) is 0 Å². The number of aliphatic hydroxyl groups is 2. The number of carboxylic acid groups (broad SMARTS) is 1. The summed E-state index contributed by atoms with van der Waals surface area (Å²) < 4.78 is 0. The van der Waals surface area contributed by atoms with Crippen molar-refractivity contribution in [3.8, 4) is 0 Å². The second-order valence-corrected chi connectivity index (χ2v) is 1.51. The first-order valence-corrected chi connectivity index (χ1v) is 2.41. The summed E-state index contributed by atoms with van der Waals surface area (Å²) >= 11 is 0. The van der Waals surface area contributed by atoms with Crippen LogP contribution >= 0.6 is 0 Å². The van der Waals surface area contributed by atoms with Crippen LogP contribution in [0.1, 0.15) is 1.43 Å². The third-order valence-electron chi connectivity index (χ3n) is 0.603. The van der Waals surface area contributed by atoms with Gasteiger partial charge < -0.3 is 22.1 Å². The van der Waals surface area contributed by atoms with Gasteiger partial charge in [-0.25, -0.2) is 0 Å². The van der Waals surface area contributed by atoms with Crippen molar-refractivity contribution in [2.24, 2.45) is 0 Å². The van der Waals surface area contributed by atoms with Crippen molar-refractivity contribution in [1.29, 1.82) is 0 Å². The monoisotopic (exact) mass is 159 g/mol. The Labute approximate surface area is 81.8 Å². The molecule has 0 radical (unpaired) electrons. The second-order valence-electron chi connectivity index (χ2n) is 1.51. The summed E-state index contributed by atoms with van der Waals surface area (Å²) in [5, 5.41) is 26.6. The van der Waals surface area contributed by atoms with E-state index < -0.39 is 12.3 Å². The smallest absolute Gasteiger partial charge is 1.00 e. The maximum atomic E-state index is 9.76. The molecule has 56 valence electrons. The van der Waals surface area contributed by atoms with E-state index in [0.29, 0.717) is 0 Å². The molecule has 0 unspecified atom stereocenters. The normalized spacial score (nSPS) is 9.10. The number of nitrogens with one attached hydrogen (secondary N) is 1. The third kappa shape index (κ3) is 11.2. The number of rotatable bonds is 4. The number of carboxylic acids is 1. The molecule has 0 saturated heterocycles. The molecule has 10 heavy (non-hydrogen) atoms. The van der Waals surface area contributed by atoms with Gasteiger partial charge in [-0.05, 0) is 0 Å². The van der Waals surface area contributed by atoms with E-state index in [-0.39, 0.29) is 44.1 Å². The van der Waals surface area contributed by atoms with E-state index in [1.165, 1.54) is 0 Å². The summed E-state index contributed by atoms with van der Waals surface area (Å²) in [6.07, 6.45) is -1.48. The molecule has 0 aromatic carbocycles. The van der Waals surface area contributed by atoms with Crippen LogP contribution in [0.5, 0.6) is 0 Å². The Morgan fingerprint density at radius 1 is 1.60 bits per heavy atom. The minimum Gasteiger partial charge on any atom is -1.00 e. The van der Waals surface area contributed by atoms with E-state index in [0.717, 1.165) is 0 Å². The fraction of sp³-hybridized carbons (Fsp3) is 0.750. The van der Waals surface area contributed by atoms with Crippen LogP contribution in [0.4, 0.5) is 0 Å². The van der Waals surface area contributed by atoms with Crippen LogP contribution in [0.3, 0.4) is 0 Å². The third-order valence-corrected chi connectivity index (χ3v) is 0.603. The number of hydrogen-bond donors (Lipinski definition) is 4. The van der Waals surface area contributed by atoms with Crippen LogP contribution in [0, 0.1) is 0 Å². The maximum Gasteiger partial charge on any atom is 1.00 e. The number of hydrogen-bond acceptors (Lipinski definition) is 4. The Bertz CT molecular complexity index is 102. The number of aliphatic hydroxyl groups excluding tert-OH is 1. The van der Waals surface area contributed by atoms with Gasteiger partial charge in [0.15, 0.2) is 6.29 Å². The van der Waals surface area contributed by atoms with Gasteiger partial charge in [0.25, 0.3) is 0 Å². The van der Waals surface area contributed by atoms with Crippen LogP contribution in [-0.4, -0.2) is 40.7 Å². The SMILES string of the molecule is O=C(O)CNCC(O)O.[H-].[Na+]. The molecular weight excluding hydrogens is 149 g/mol. The average molecular weight is 159 g/mol. The van der Waals surface area contributed by atoms with E-state index in [4.69, 9.17) is 15.3 Å².